The molecule has 9 rings (SSSR count). The third-order valence-electron chi connectivity index (χ3n) is 11.0. The summed E-state index contributed by atoms with van der Waals surface area (Å²) in [5, 5.41) is 10.7. The van der Waals surface area contributed by atoms with Crippen LogP contribution in [0.4, 0.5) is 0 Å². The highest BCUT2D eigenvalue weighted by molar-refractivity contribution is 6.26. The van der Waals surface area contributed by atoms with Gasteiger partial charge in [-0.15, -0.1) is 0 Å². The quantitative estimate of drug-likeness (QED) is 0.176. The predicted octanol–water partition coefficient (Wildman–Crippen LogP) is 13.0. The standard InChI is InChI=1S/C46H38/c1-27-35-18-14-29(30-15-21-39-38-9-7-8-10-41(38)46(5,6)42(39)26-30)23-31(35)16-19-36(27)37-20-13-28-11-12-32-24-34(45(2,3)4)25-33-17-22-40(37)44(28)43(32)33/h7-26H,1-6H3. The summed E-state index contributed by atoms with van der Waals surface area (Å²) >= 11 is 0. The maximum atomic E-state index is 2.42. The highest BCUT2D eigenvalue weighted by Crippen LogP contribution is 2.50. The molecule has 0 radical (unpaired) electrons. The van der Waals surface area contributed by atoms with Gasteiger partial charge in [0.25, 0.3) is 0 Å². The molecule has 46 heavy (non-hydrogen) atoms. The Morgan fingerprint density at radius 1 is 0.457 bits per heavy atom. The molecule has 0 saturated heterocycles. The van der Waals surface area contributed by atoms with Crippen LogP contribution in [-0.4, -0.2) is 0 Å². The average molecular weight is 591 g/mol. The zero-order valence-electron chi connectivity index (χ0n) is 27.5. The maximum absolute atomic E-state index is 2.42. The van der Waals surface area contributed by atoms with Crippen LogP contribution in [0.2, 0.25) is 0 Å². The number of benzene rings is 8. The van der Waals surface area contributed by atoms with Gasteiger partial charge in [-0.1, -0.05) is 144 Å². The van der Waals surface area contributed by atoms with Crippen LogP contribution >= 0.6 is 0 Å². The fourth-order valence-electron chi connectivity index (χ4n) is 8.33. The third-order valence-corrected chi connectivity index (χ3v) is 11.0. The summed E-state index contributed by atoms with van der Waals surface area (Å²) < 4.78 is 0. The van der Waals surface area contributed by atoms with Crippen molar-refractivity contribution in [2.75, 3.05) is 0 Å². The van der Waals surface area contributed by atoms with Crippen molar-refractivity contribution < 1.29 is 0 Å². The van der Waals surface area contributed by atoms with Gasteiger partial charge in [0, 0.05) is 5.41 Å². The SMILES string of the molecule is Cc1c(-c2ccc3ccc4cc(C(C)(C)C)cc5ccc2c3c45)ccc2cc(-c3ccc4c(c3)C(C)(C)c3ccccc3-4)ccc12. The van der Waals surface area contributed by atoms with Crippen molar-refractivity contribution >= 4 is 43.1 Å². The fraction of sp³-hybridized carbons (Fsp3) is 0.174. The van der Waals surface area contributed by atoms with Crippen LogP contribution in [0.3, 0.4) is 0 Å². The Kier molecular flexibility index (Phi) is 5.54. The Balaban J connectivity index is 1.16. The topological polar surface area (TPSA) is 0 Å². The molecule has 0 fully saturated rings. The van der Waals surface area contributed by atoms with Crippen LogP contribution < -0.4 is 0 Å². The minimum absolute atomic E-state index is 0.000167. The monoisotopic (exact) mass is 590 g/mol. The van der Waals surface area contributed by atoms with Crippen LogP contribution in [0.25, 0.3) is 76.5 Å². The summed E-state index contributed by atoms with van der Waals surface area (Å²) in [7, 11) is 0. The van der Waals surface area contributed by atoms with E-state index in [9.17, 15) is 0 Å². The maximum Gasteiger partial charge on any atom is 0.0159 e. The number of aryl methyl sites for hydroxylation is 1. The second-order valence-corrected chi connectivity index (χ2v) is 15.0. The molecular weight excluding hydrogens is 553 g/mol. The lowest BCUT2D eigenvalue weighted by atomic mass is 9.81. The van der Waals surface area contributed by atoms with E-state index in [0.717, 1.165) is 0 Å². The van der Waals surface area contributed by atoms with E-state index in [1.54, 1.807) is 0 Å². The van der Waals surface area contributed by atoms with E-state index in [1.807, 2.05) is 0 Å². The summed E-state index contributed by atoms with van der Waals surface area (Å²) in [4.78, 5) is 0. The Morgan fingerprint density at radius 3 is 1.85 bits per heavy atom. The molecule has 1 aliphatic carbocycles. The molecule has 0 N–H and O–H groups in total. The van der Waals surface area contributed by atoms with Gasteiger partial charge >= 0.3 is 0 Å². The molecule has 0 bridgehead atoms. The summed E-state index contributed by atoms with van der Waals surface area (Å²) in [6, 6.07) is 46.3. The summed E-state index contributed by atoms with van der Waals surface area (Å²) in [5.74, 6) is 0. The highest BCUT2D eigenvalue weighted by Gasteiger charge is 2.35. The van der Waals surface area contributed by atoms with Crippen LogP contribution in [0.5, 0.6) is 0 Å². The van der Waals surface area contributed by atoms with Crippen molar-refractivity contribution in [3.8, 4) is 33.4 Å². The molecule has 0 spiro atoms. The number of hydrogen-bond acceptors (Lipinski definition) is 0. The zero-order valence-corrected chi connectivity index (χ0v) is 27.5. The largest absolute Gasteiger partial charge is 0.0619 e. The first-order chi connectivity index (χ1) is 22.1. The molecule has 0 nitrogen and oxygen atoms in total. The summed E-state index contributed by atoms with van der Waals surface area (Å²) in [6.45, 7) is 13.9. The minimum Gasteiger partial charge on any atom is -0.0619 e. The van der Waals surface area contributed by atoms with E-state index in [1.165, 1.54) is 98.7 Å². The molecule has 0 heterocycles. The smallest absolute Gasteiger partial charge is 0.0159 e. The average Bonchev–Trinajstić information content (AvgIpc) is 3.29. The Bertz CT molecular complexity index is 2510. The van der Waals surface area contributed by atoms with Gasteiger partial charge in [-0.2, -0.15) is 0 Å². The van der Waals surface area contributed by atoms with E-state index in [0.29, 0.717) is 0 Å². The van der Waals surface area contributed by atoms with Gasteiger partial charge in [0.15, 0.2) is 0 Å². The molecular formula is C46H38. The van der Waals surface area contributed by atoms with Crippen molar-refractivity contribution in [1.29, 1.82) is 0 Å². The van der Waals surface area contributed by atoms with E-state index in [2.05, 4.69) is 163 Å². The molecule has 0 aliphatic heterocycles. The zero-order chi connectivity index (χ0) is 31.5. The van der Waals surface area contributed by atoms with Crippen molar-refractivity contribution in [2.45, 2.75) is 52.4 Å². The Labute approximate surface area is 271 Å². The van der Waals surface area contributed by atoms with Crippen LogP contribution in [-0.2, 0) is 10.8 Å². The summed E-state index contributed by atoms with van der Waals surface area (Å²) in [5.41, 5.74) is 13.6. The molecule has 0 aromatic heterocycles. The van der Waals surface area contributed by atoms with Gasteiger partial charge in [-0.3, -0.25) is 0 Å². The van der Waals surface area contributed by atoms with Gasteiger partial charge in [-0.25, -0.2) is 0 Å². The van der Waals surface area contributed by atoms with Gasteiger partial charge in [0.05, 0.1) is 0 Å². The second-order valence-electron chi connectivity index (χ2n) is 15.0. The number of hydrogen-bond donors (Lipinski definition) is 0. The molecule has 0 saturated carbocycles. The van der Waals surface area contributed by atoms with Crippen molar-refractivity contribution in [3.05, 3.63) is 144 Å². The van der Waals surface area contributed by atoms with E-state index in [4.69, 9.17) is 0 Å². The van der Waals surface area contributed by atoms with Gasteiger partial charge < -0.3 is 0 Å². The first-order valence-electron chi connectivity index (χ1n) is 16.6. The van der Waals surface area contributed by atoms with E-state index < -0.39 is 0 Å². The van der Waals surface area contributed by atoms with Crippen molar-refractivity contribution in [1.82, 2.24) is 0 Å². The molecule has 0 amide bonds. The highest BCUT2D eigenvalue weighted by atomic mass is 14.4. The first-order valence-corrected chi connectivity index (χ1v) is 16.6. The molecule has 222 valence electrons. The van der Waals surface area contributed by atoms with Gasteiger partial charge in [0.1, 0.15) is 0 Å². The summed E-state index contributed by atoms with van der Waals surface area (Å²) in [6.07, 6.45) is 0. The van der Waals surface area contributed by atoms with Crippen LogP contribution in [0.1, 0.15) is 56.9 Å². The molecule has 0 heteroatoms. The van der Waals surface area contributed by atoms with Gasteiger partial charge in [-0.05, 0) is 123 Å². The lowest BCUT2D eigenvalue weighted by Gasteiger charge is -2.22. The lowest BCUT2D eigenvalue weighted by molar-refractivity contribution is 0.591. The normalized spacial score (nSPS) is 14.0. The number of fused-ring (bicyclic) bond motifs is 4. The molecule has 0 atom stereocenters. The number of rotatable bonds is 2. The Morgan fingerprint density at radius 2 is 1.04 bits per heavy atom. The molecule has 8 aromatic carbocycles. The van der Waals surface area contributed by atoms with Crippen molar-refractivity contribution in [2.24, 2.45) is 0 Å². The second kappa shape index (κ2) is 9.30. The fourth-order valence-corrected chi connectivity index (χ4v) is 8.33. The van der Waals surface area contributed by atoms with E-state index in [-0.39, 0.29) is 10.8 Å². The predicted molar refractivity (Wildman–Crippen MR) is 200 cm³/mol. The van der Waals surface area contributed by atoms with Crippen LogP contribution in [0.15, 0.2) is 121 Å². The molecule has 0 unspecified atom stereocenters. The lowest BCUT2D eigenvalue weighted by Crippen LogP contribution is -2.14. The third kappa shape index (κ3) is 3.80. The Hall–Kier alpha value is -4.94. The van der Waals surface area contributed by atoms with E-state index >= 15 is 0 Å². The molecule has 8 aromatic rings. The molecule has 1 aliphatic rings. The minimum atomic E-state index is -0.000167. The van der Waals surface area contributed by atoms with Crippen molar-refractivity contribution in [3.63, 3.8) is 0 Å². The first kappa shape index (κ1) is 27.4. The van der Waals surface area contributed by atoms with Crippen LogP contribution in [0, 0.1) is 6.92 Å². The van der Waals surface area contributed by atoms with Gasteiger partial charge in [0.2, 0.25) is 0 Å².